The van der Waals surface area contributed by atoms with Gasteiger partial charge in [0.15, 0.2) is 5.78 Å². The molecule has 1 aromatic carbocycles. The van der Waals surface area contributed by atoms with E-state index in [4.69, 9.17) is 5.84 Å². The molecule has 2 aromatic rings. The monoisotopic (exact) mass is 399 g/mol. The smallest absolute Gasteiger partial charge is 0.305 e. The number of Topliss-reactive ketones (excluding diaryl/α,β-unsaturated/α-hetero) is 1. The van der Waals surface area contributed by atoms with Crippen LogP contribution in [0, 0.1) is 0 Å². The first-order valence-corrected chi connectivity index (χ1v) is 10.7. The number of nitrogens with two attached hydrogens (primary N) is 1. The summed E-state index contributed by atoms with van der Waals surface area (Å²) in [7, 11) is 1.39. The summed E-state index contributed by atoms with van der Waals surface area (Å²) < 4.78 is 6.26. The van der Waals surface area contributed by atoms with Crippen LogP contribution in [0.1, 0.15) is 74.3 Å². The van der Waals surface area contributed by atoms with Crippen molar-refractivity contribution in [3.05, 3.63) is 35.5 Å². The fourth-order valence-electron chi connectivity index (χ4n) is 4.47. The van der Waals surface area contributed by atoms with Gasteiger partial charge in [-0.05, 0) is 70.2 Å². The summed E-state index contributed by atoms with van der Waals surface area (Å²) >= 11 is 0. The number of ketones is 1. The molecule has 1 fully saturated rings. The number of likely N-dealkylation sites (tertiary alicyclic amines) is 1. The van der Waals surface area contributed by atoms with Crippen molar-refractivity contribution < 1.29 is 14.3 Å². The lowest BCUT2D eigenvalue weighted by Crippen LogP contribution is -2.38. The first-order chi connectivity index (χ1) is 13.9. The van der Waals surface area contributed by atoms with Gasteiger partial charge in [-0.25, -0.2) is 0 Å². The van der Waals surface area contributed by atoms with Crippen LogP contribution in [-0.2, 0) is 9.53 Å². The van der Waals surface area contributed by atoms with E-state index in [0.29, 0.717) is 43.3 Å². The number of nitrogens with zero attached hydrogens (tertiary/aromatic N) is 2. The maximum Gasteiger partial charge on any atom is 0.305 e. The van der Waals surface area contributed by atoms with Gasteiger partial charge in [0.2, 0.25) is 0 Å². The predicted molar refractivity (Wildman–Crippen MR) is 116 cm³/mol. The topological polar surface area (TPSA) is 77.6 Å². The van der Waals surface area contributed by atoms with Crippen molar-refractivity contribution >= 4 is 22.7 Å². The zero-order valence-electron chi connectivity index (χ0n) is 17.8. The maximum absolute atomic E-state index is 13.2. The molecule has 0 radical (unpaired) electrons. The van der Waals surface area contributed by atoms with Crippen LogP contribution in [0.5, 0.6) is 0 Å². The average molecular weight is 400 g/mol. The zero-order chi connectivity index (χ0) is 21.0. The fraction of sp³-hybridized carbons (Fsp3) is 0.565. The van der Waals surface area contributed by atoms with Crippen molar-refractivity contribution in [3.8, 4) is 0 Å². The molecule has 0 spiro atoms. The van der Waals surface area contributed by atoms with Gasteiger partial charge in [-0.2, -0.15) is 0 Å². The Hall–Kier alpha value is -2.34. The van der Waals surface area contributed by atoms with Crippen LogP contribution < -0.4 is 5.84 Å². The van der Waals surface area contributed by atoms with E-state index >= 15 is 0 Å². The second kappa shape index (κ2) is 9.44. The van der Waals surface area contributed by atoms with Crippen LogP contribution in [0.2, 0.25) is 0 Å². The average Bonchev–Trinajstić information content (AvgIpc) is 3.03. The fourth-order valence-corrected chi connectivity index (χ4v) is 4.47. The molecule has 1 aromatic heterocycles. The van der Waals surface area contributed by atoms with E-state index < -0.39 is 0 Å². The highest BCUT2D eigenvalue weighted by Crippen LogP contribution is 2.37. The van der Waals surface area contributed by atoms with E-state index in [1.165, 1.54) is 7.11 Å². The van der Waals surface area contributed by atoms with Crippen LogP contribution in [0.25, 0.3) is 10.9 Å². The number of unbranched alkanes of at least 4 members (excludes halogenated alkanes) is 1. The Balaban J connectivity index is 1.83. The molecule has 6 nitrogen and oxygen atoms in total. The van der Waals surface area contributed by atoms with Gasteiger partial charge in [0, 0.05) is 24.3 Å². The number of carbonyl (C=O) groups is 2. The second-order valence-corrected chi connectivity index (χ2v) is 8.26. The first kappa shape index (κ1) is 21.4. The number of carbonyl (C=O) groups excluding carboxylic acids is 2. The summed E-state index contributed by atoms with van der Waals surface area (Å²) in [5.74, 6) is 6.58. The van der Waals surface area contributed by atoms with Gasteiger partial charge in [0.25, 0.3) is 0 Å². The highest BCUT2D eigenvalue weighted by Gasteiger charge is 2.30. The molecular formula is C23H33N3O3. The first-order valence-electron chi connectivity index (χ1n) is 10.7. The molecule has 1 aliphatic heterocycles. The number of hydrogen-bond acceptors (Lipinski definition) is 5. The van der Waals surface area contributed by atoms with Gasteiger partial charge in [0.1, 0.15) is 5.69 Å². The van der Waals surface area contributed by atoms with Gasteiger partial charge in [-0.3, -0.25) is 14.3 Å². The number of rotatable bonds is 8. The third-order valence-electron chi connectivity index (χ3n) is 6.14. The number of methoxy groups -OCH3 is 1. The van der Waals surface area contributed by atoms with Crippen molar-refractivity contribution in [1.29, 1.82) is 0 Å². The van der Waals surface area contributed by atoms with Crippen LogP contribution in [0.15, 0.2) is 24.3 Å². The van der Waals surface area contributed by atoms with Crippen LogP contribution >= 0.6 is 0 Å². The van der Waals surface area contributed by atoms with E-state index in [2.05, 4.69) is 29.6 Å². The van der Waals surface area contributed by atoms with Gasteiger partial charge in [-0.1, -0.05) is 18.2 Å². The van der Waals surface area contributed by atoms with Crippen LogP contribution in [0.4, 0.5) is 0 Å². The van der Waals surface area contributed by atoms with Gasteiger partial charge >= 0.3 is 5.97 Å². The number of piperidine rings is 1. The highest BCUT2D eigenvalue weighted by molar-refractivity contribution is 6.03. The van der Waals surface area contributed by atoms with Crippen molar-refractivity contribution in [2.75, 3.05) is 26.0 Å². The summed E-state index contributed by atoms with van der Waals surface area (Å²) in [5.41, 5.74) is 2.67. The molecular weight excluding hydrogens is 366 g/mol. The summed E-state index contributed by atoms with van der Waals surface area (Å²) in [6.45, 7) is 6.54. The molecule has 3 rings (SSSR count). The lowest BCUT2D eigenvalue weighted by atomic mass is 9.86. The Kier molecular flexibility index (Phi) is 6.96. The number of ether oxygens (including phenoxy) is 1. The minimum absolute atomic E-state index is 0.0647. The zero-order valence-corrected chi connectivity index (χ0v) is 17.8. The number of hydrogen-bond donors (Lipinski definition) is 1. The van der Waals surface area contributed by atoms with Gasteiger partial charge < -0.3 is 15.5 Å². The molecule has 158 valence electrons. The summed E-state index contributed by atoms with van der Waals surface area (Å²) in [6, 6.07) is 8.58. The van der Waals surface area contributed by atoms with Crippen LogP contribution in [0.3, 0.4) is 0 Å². The normalized spacial score (nSPS) is 15.9. The lowest BCUT2D eigenvalue weighted by Gasteiger charge is -2.35. The molecule has 1 aliphatic rings. The molecule has 2 N–H and O–H groups in total. The quantitative estimate of drug-likeness (QED) is 0.316. The van der Waals surface area contributed by atoms with Crippen molar-refractivity contribution in [1.82, 2.24) is 9.58 Å². The van der Waals surface area contributed by atoms with Crippen molar-refractivity contribution in [3.63, 3.8) is 0 Å². The molecule has 1 saturated heterocycles. The third-order valence-corrected chi connectivity index (χ3v) is 6.14. The summed E-state index contributed by atoms with van der Waals surface area (Å²) in [4.78, 5) is 26.9. The Bertz CT molecular complexity index is 864. The Morgan fingerprint density at radius 2 is 1.79 bits per heavy atom. The van der Waals surface area contributed by atoms with E-state index in [-0.39, 0.29) is 11.8 Å². The van der Waals surface area contributed by atoms with Gasteiger partial charge in [0.05, 0.1) is 12.6 Å². The minimum atomic E-state index is -0.233. The number of benzene rings is 1. The Morgan fingerprint density at radius 1 is 1.14 bits per heavy atom. The number of para-hydroxylation sites is 1. The second-order valence-electron chi connectivity index (χ2n) is 8.26. The van der Waals surface area contributed by atoms with Crippen molar-refractivity contribution in [2.45, 2.75) is 64.3 Å². The molecule has 0 atom stereocenters. The molecule has 0 unspecified atom stereocenters. The Labute approximate surface area is 173 Å². The van der Waals surface area contributed by atoms with E-state index in [1.54, 1.807) is 4.68 Å². The SMILES string of the molecule is COC(=O)CCCCC(=O)c1c(C2CCN(C(C)C)CC2)c2ccccc2n1N. The van der Waals surface area contributed by atoms with E-state index in [9.17, 15) is 9.59 Å². The lowest BCUT2D eigenvalue weighted by molar-refractivity contribution is -0.140. The largest absolute Gasteiger partial charge is 0.469 e. The van der Waals surface area contributed by atoms with Crippen molar-refractivity contribution in [2.24, 2.45) is 0 Å². The Morgan fingerprint density at radius 3 is 2.45 bits per heavy atom. The number of nitrogen functional groups attached to an aromatic ring is 1. The van der Waals surface area contributed by atoms with E-state index in [1.807, 2.05) is 18.2 Å². The molecule has 2 heterocycles. The molecule has 29 heavy (non-hydrogen) atoms. The molecule has 0 bridgehead atoms. The third kappa shape index (κ3) is 4.64. The summed E-state index contributed by atoms with van der Waals surface area (Å²) in [6.07, 6.45) is 4.11. The standard InChI is InChI=1S/C23H33N3O3/c1-16(2)25-14-12-17(13-15-25)22-18-8-4-5-9-19(18)26(24)23(22)20(27)10-6-7-11-21(28)29-3/h4-5,8-9,16-17H,6-7,10-15,24H2,1-3H3. The predicted octanol–water partition coefficient (Wildman–Crippen LogP) is 3.86. The molecule has 0 aliphatic carbocycles. The molecule has 6 heteroatoms. The number of aromatic nitrogens is 1. The molecule has 0 saturated carbocycles. The van der Waals surface area contributed by atoms with Gasteiger partial charge in [-0.15, -0.1) is 0 Å². The van der Waals surface area contributed by atoms with E-state index in [0.717, 1.165) is 42.4 Å². The maximum atomic E-state index is 13.2. The highest BCUT2D eigenvalue weighted by atomic mass is 16.5. The number of fused-ring (bicyclic) bond motifs is 1. The minimum Gasteiger partial charge on any atom is -0.469 e. The molecule has 0 amide bonds. The summed E-state index contributed by atoms with van der Waals surface area (Å²) in [5, 5.41) is 1.09. The van der Waals surface area contributed by atoms with Crippen LogP contribution in [-0.4, -0.2) is 47.6 Å². The number of esters is 1.